The van der Waals surface area contributed by atoms with E-state index in [1.54, 1.807) is 24.5 Å². The highest BCUT2D eigenvalue weighted by molar-refractivity contribution is 5.91. The number of aromatic nitrogens is 1. The summed E-state index contributed by atoms with van der Waals surface area (Å²) in [4.78, 5) is 18.2. The van der Waals surface area contributed by atoms with Crippen LogP contribution in [0.15, 0.2) is 54.9 Å². The van der Waals surface area contributed by atoms with Crippen LogP contribution in [-0.4, -0.2) is 35.4 Å². The van der Waals surface area contributed by atoms with Crippen LogP contribution in [0.2, 0.25) is 0 Å². The van der Waals surface area contributed by atoms with E-state index in [-0.39, 0.29) is 5.91 Å². The predicted octanol–water partition coefficient (Wildman–Crippen LogP) is 2.66. The summed E-state index contributed by atoms with van der Waals surface area (Å²) >= 11 is 0. The smallest absolute Gasteiger partial charge is 0.243 e. The van der Waals surface area contributed by atoms with Gasteiger partial charge in [-0.25, -0.2) is 0 Å². The van der Waals surface area contributed by atoms with Gasteiger partial charge in [-0.3, -0.25) is 14.7 Å². The Balaban J connectivity index is 1.35. The molecule has 0 bridgehead atoms. The molecule has 124 valence electrons. The molecule has 0 unspecified atom stereocenters. The molecule has 1 aliphatic rings. The number of amides is 1. The number of hydrogen-bond acceptors (Lipinski definition) is 3. The molecule has 0 fully saturated rings. The number of carbonyl (C=O) groups is 1. The van der Waals surface area contributed by atoms with Gasteiger partial charge in [0.2, 0.25) is 5.91 Å². The quantitative estimate of drug-likeness (QED) is 0.657. The summed E-state index contributed by atoms with van der Waals surface area (Å²) in [5.41, 5.74) is 3.89. The lowest BCUT2D eigenvalue weighted by molar-refractivity contribution is -0.116. The molecule has 0 spiro atoms. The molecular weight excluding hydrogens is 298 g/mol. The van der Waals surface area contributed by atoms with Crippen LogP contribution >= 0.6 is 0 Å². The topological polar surface area (TPSA) is 45.2 Å². The molecule has 2 heterocycles. The van der Waals surface area contributed by atoms with Gasteiger partial charge in [-0.2, -0.15) is 0 Å². The number of carbonyl (C=O) groups excluding carboxylic acids is 1. The van der Waals surface area contributed by atoms with E-state index in [2.05, 4.69) is 39.5 Å². The molecule has 24 heavy (non-hydrogen) atoms. The highest BCUT2D eigenvalue weighted by Crippen LogP contribution is 2.18. The number of benzene rings is 1. The van der Waals surface area contributed by atoms with Crippen molar-refractivity contribution in [3.63, 3.8) is 0 Å². The first-order valence-corrected chi connectivity index (χ1v) is 8.46. The Morgan fingerprint density at radius 1 is 1.17 bits per heavy atom. The lowest BCUT2D eigenvalue weighted by Crippen LogP contribution is -2.33. The van der Waals surface area contributed by atoms with E-state index in [1.165, 1.54) is 11.1 Å². The first-order chi connectivity index (χ1) is 11.8. The third-order valence-electron chi connectivity index (χ3n) is 4.29. The maximum Gasteiger partial charge on any atom is 0.243 e. The molecule has 1 aliphatic heterocycles. The lowest BCUT2D eigenvalue weighted by Gasteiger charge is -2.28. The number of hydrogen-bond donors (Lipinski definition) is 1. The normalized spacial score (nSPS) is 14.5. The monoisotopic (exact) mass is 321 g/mol. The molecule has 0 atom stereocenters. The second-order valence-electron chi connectivity index (χ2n) is 6.05. The van der Waals surface area contributed by atoms with Crippen molar-refractivity contribution >= 4 is 12.0 Å². The van der Waals surface area contributed by atoms with Crippen LogP contribution in [0, 0.1) is 0 Å². The minimum Gasteiger partial charge on any atom is -0.353 e. The summed E-state index contributed by atoms with van der Waals surface area (Å²) in [7, 11) is 0. The van der Waals surface area contributed by atoms with Crippen molar-refractivity contribution in [2.75, 3.05) is 19.6 Å². The molecule has 2 aromatic rings. The third-order valence-corrected chi connectivity index (χ3v) is 4.29. The van der Waals surface area contributed by atoms with Crippen molar-refractivity contribution in [1.29, 1.82) is 0 Å². The molecule has 1 amide bonds. The van der Waals surface area contributed by atoms with Crippen molar-refractivity contribution in [3.8, 4) is 0 Å². The molecule has 0 saturated heterocycles. The predicted molar refractivity (Wildman–Crippen MR) is 96.3 cm³/mol. The number of pyridine rings is 1. The van der Waals surface area contributed by atoms with Gasteiger partial charge >= 0.3 is 0 Å². The van der Waals surface area contributed by atoms with E-state index in [1.807, 2.05) is 12.1 Å². The number of nitrogens with one attached hydrogen (secondary N) is 1. The second kappa shape index (κ2) is 8.41. The molecular formula is C20H23N3O. The first kappa shape index (κ1) is 16.4. The van der Waals surface area contributed by atoms with Gasteiger partial charge < -0.3 is 5.32 Å². The highest BCUT2D eigenvalue weighted by atomic mass is 16.1. The second-order valence-corrected chi connectivity index (χ2v) is 6.05. The van der Waals surface area contributed by atoms with Crippen LogP contribution in [0.3, 0.4) is 0 Å². The molecule has 1 aromatic carbocycles. The fourth-order valence-corrected chi connectivity index (χ4v) is 2.96. The third kappa shape index (κ3) is 4.77. The largest absolute Gasteiger partial charge is 0.353 e. The summed E-state index contributed by atoms with van der Waals surface area (Å²) < 4.78 is 0. The Morgan fingerprint density at radius 3 is 2.79 bits per heavy atom. The fourth-order valence-electron chi connectivity index (χ4n) is 2.96. The van der Waals surface area contributed by atoms with Gasteiger partial charge in [0.25, 0.3) is 0 Å². The van der Waals surface area contributed by atoms with E-state index in [0.717, 1.165) is 38.0 Å². The Bertz CT molecular complexity index is 697. The maximum absolute atomic E-state index is 11.8. The van der Waals surface area contributed by atoms with Crippen LogP contribution in [0.5, 0.6) is 0 Å². The van der Waals surface area contributed by atoms with Crippen molar-refractivity contribution in [3.05, 3.63) is 71.6 Å². The number of nitrogens with zero attached hydrogens (tertiary/aromatic N) is 2. The zero-order chi connectivity index (χ0) is 16.6. The number of rotatable bonds is 6. The van der Waals surface area contributed by atoms with Gasteiger partial charge in [-0.15, -0.1) is 0 Å². The minimum atomic E-state index is -0.0456. The Hall–Kier alpha value is -2.46. The summed E-state index contributed by atoms with van der Waals surface area (Å²) in [6, 6.07) is 12.4. The van der Waals surface area contributed by atoms with E-state index in [9.17, 15) is 4.79 Å². The van der Waals surface area contributed by atoms with Gasteiger partial charge in [-0.1, -0.05) is 24.3 Å². The molecule has 0 aliphatic carbocycles. The summed E-state index contributed by atoms with van der Waals surface area (Å²) in [5.74, 6) is -0.0456. The summed E-state index contributed by atoms with van der Waals surface area (Å²) in [5, 5.41) is 2.94. The van der Waals surface area contributed by atoms with Gasteiger partial charge in [0, 0.05) is 44.6 Å². The van der Waals surface area contributed by atoms with Crippen LogP contribution in [0.4, 0.5) is 0 Å². The van der Waals surface area contributed by atoms with Crippen LogP contribution in [0.1, 0.15) is 23.1 Å². The average molecular weight is 321 g/mol. The first-order valence-electron chi connectivity index (χ1n) is 8.46. The average Bonchev–Trinajstić information content (AvgIpc) is 2.64. The van der Waals surface area contributed by atoms with Crippen molar-refractivity contribution in [2.45, 2.75) is 19.4 Å². The Labute approximate surface area is 143 Å². The van der Waals surface area contributed by atoms with Gasteiger partial charge in [-0.05, 0) is 47.7 Å². The summed E-state index contributed by atoms with van der Waals surface area (Å²) in [6.45, 7) is 3.85. The zero-order valence-corrected chi connectivity index (χ0v) is 13.8. The van der Waals surface area contributed by atoms with Crippen molar-refractivity contribution < 1.29 is 4.79 Å². The highest BCUT2D eigenvalue weighted by Gasteiger charge is 2.14. The molecule has 3 rings (SSSR count). The maximum atomic E-state index is 11.8. The molecule has 1 N–H and O–H groups in total. The van der Waals surface area contributed by atoms with Gasteiger partial charge in [0.05, 0.1) is 0 Å². The van der Waals surface area contributed by atoms with E-state index in [4.69, 9.17) is 0 Å². The molecule has 4 heteroatoms. The standard InChI is InChI=1S/C20H23N3O/c24-20(7-6-17-8-12-21-13-9-17)22-11-3-14-23-15-10-18-4-1-2-5-19(18)16-23/h1-2,4-9,12-13H,3,10-11,14-16H2,(H,22,24). The Morgan fingerprint density at radius 2 is 1.96 bits per heavy atom. The Kier molecular flexibility index (Phi) is 5.75. The fraction of sp³-hybridized carbons (Fsp3) is 0.300. The van der Waals surface area contributed by atoms with Crippen LogP contribution in [0.25, 0.3) is 6.08 Å². The molecule has 0 radical (unpaired) electrons. The van der Waals surface area contributed by atoms with Crippen molar-refractivity contribution in [2.24, 2.45) is 0 Å². The minimum absolute atomic E-state index is 0.0456. The van der Waals surface area contributed by atoms with Gasteiger partial charge in [0.15, 0.2) is 0 Å². The van der Waals surface area contributed by atoms with Crippen molar-refractivity contribution in [1.82, 2.24) is 15.2 Å². The SMILES string of the molecule is O=C(C=Cc1ccncc1)NCCCN1CCc2ccccc2C1. The molecule has 0 saturated carbocycles. The summed E-state index contributed by atoms with van der Waals surface area (Å²) in [6.07, 6.45) is 8.90. The van der Waals surface area contributed by atoms with Crippen LogP contribution < -0.4 is 5.32 Å². The van der Waals surface area contributed by atoms with Crippen LogP contribution in [-0.2, 0) is 17.8 Å². The molecule has 1 aromatic heterocycles. The van der Waals surface area contributed by atoms with E-state index < -0.39 is 0 Å². The van der Waals surface area contributed by atoms with E-state index in [0.29, 0.717) is 6.54 Å². The lowest BCUT2D eigenvalue weighted by atomic mass is 10.00. The van der Waals surface area contributed by atoms with E-state index >= 15 is 0 Å². The van der Waals surface area contributed by atoms with Gasteiger partial charge in [0.1, 0.15) is 0 Å². The number of fused-ring (bicyclic) bond motifs is 1. The zero-order valence-electron chi connectivity index (χ0n) is 13.8. The molecule has 4 nitrogen and oxygen atoms in total.